The maximum atomic E-state index is 11.5. The first-order valence-corrected chi connectivity index (χ1v) is 7.31. The molecule has 0 aliphatic carbocycles. The Balaban J connectivity index is 2.65. The molecule has 0 saturated heterocycles. The lowest BCUT2D eigenvalue weighted by Gasteiger charge is -2.11. The zero-order valence-electron chi connectivity index (χ0n) is 11.2. The number of carbonyl (C=O) groups excluding carboxylic acids is 2. The molecule has 19 heavy (non-hydrogen) atoms. The Labute approximate surface area is 119 Å². The molecule has 0 aromatic carbocycles. The van der Waals surface area contributed by atoms with E-state index in [1.165, 1.54) is 28.0 Å². The Hall–Kier alpha value is -1.35. The number of nitrogens with zero attached hydrogens (tertiary/aromatic N) is 3. The second-order valence-electron chi connectivity index (χ2n) is 3.48. The number of nitrogens with one attached hydrogen (secondary N) is 1. The van der Waals surface area contributed by atoms with Crippen LogP contribution < -0.4 is 10.2 Å². The minimum absolute atomic E-state index is 0.272. The van der Waals surface area contributed by atoms with Crippen LogP contribution in [0.2, 0.25) is 0 Å². The minimum Gasteiger partial charge on any atom is -0.465 e. The largest absolute Gasteiger partial charge is 0.465 e. The number of amides is 2. The molecule has 1 rings (SSSR count). The summed E-state index contributed by atoms with van der Waals surface area (Å²) in [7, 11) is 3.14. The van der Waals surface area contributed by atoms with E-state index in [1.807, 2.05) is 0 Å². The van der Waals surface area contributed by atoms with Crippen LogP contribution in [0.25, 0.3) is 0 Å². The molecule has 1 aromatic heterocycles. The number of hydrogen-bond acceptors (Lipinski definition) is 7. The summed E-state index contributed by atoms with van der Waals surface area (Å²) in [5, 5.41) is 10.5. The Morgan fingerprint density at radius 2 is 2.21 bits per heavy atom. The molecule has 1 atom stereocenters. The number of anilines is 1. The van der Waals surface area contributed by atoms with Crippen molar-refractivity contribution in [3.8, 4) is 0 Å². The van der Waals surface area contributed by atoms with Crippen LogP contribution in [0.15, 0.2) is 4.34 Å². The van der Waals surface area contributed by atoms with Crippen molar-refractivity contribution in [3.63, 3.8) is 0 Å². The van der Waals surface area contributed by atoms with Crippen LogP contribution in [0.5, 0.6) is 0 Å². The molecule has 7 nitrogen and oxygen atoms in total. The zero-order valence-corrected chi connectivity index (χ0v) is 12.8. The highest BCUT2D eigenvalue weighted by atomic mass is 32.2. The summed E-state index contributed by atoms with van der Waals surface area (Å²) in [6.45, 7) is 3.85. The average Bonchev–Trinajstić information content (AvgIpc) is 2.85. The van der Waals surface area contributed by atoms with Gasteiger partial charge in [0, 0.05) is 14.1 Å². The van der Waals surface area contributed by atoms with Gasteiger partial charge in [-0.05, 0) is 13.8 Å². The van der Waals surface area contributed by atoms with Gasteiger partial charge in [0.2, 0.25) is 5.13 Å². The summed E-state index contributed by atoms with van der Waals surface area (Å²) in [6.07, 6.45) is 0. The summed E-state index contributed by atoms with van der Waals surface area (Å²) in [6, 6.07) is -0.272. The van der Waals surface area contributed by atoms with Gasteiger partial charge in [0.05, 0.1) is 6.61 Å². The molecule has 9 heteroatoms. The van der Waals surface area contributed by atoms with Crippen LogP contribution in [-0.4, -0.2) is 48.1 Å². The fraction of sp³-hybridized carbons (Fsp3) is 0.600. The van der Waals surface area contributed by atoms with Crippen molar-refractivity contribution in [2.24, 2.45) is 0 Å². The second kappa shape index (κ2) is 7.29. The van der Waals surface area contributed by atoms with E-state index in [-0.39, 0.29) is 17.3 Å². The molecular weight excluding hydrogens is 288 g/mol. The minimum atomic E-state index is -0.356. The van der Waals surface area contributed by atoms with E-state index in [0.29, 0.717) is 16.1 Å². The molecule has 1 heterocycles. The molecular formula is C10H16N4O3S2. The quantitative estimate of drug-likeness (QED) is 0.502. The molecule has 0 bridgehead atoms. The van der Waals surface area contributed by atoms with Crippen LogP contribution in [0.4, 0.5) is 9.93 Å². The van der Waals surface area contributed by atoms with E-state index < -0.39 is 0 Å². The van der Waals surface area contributed by atoms with Crippen LogP contribution in [0, 0.1) is 0 Å². The fourth-order valence-electron chi connectivity index (χ4n) is 1.10. The first-order chi connectivity index (χ1) is 8.99. The standard InChI is InChI=1S/C10H16N4O3S2/c1-5-17-7(15)6(2)18-10-13-12-9(19-10)14(4)8(16)11-3/h6H,5H2,1-4H3,(H,11,16). The van der Waals surface area contributed by atoms with Crippen molar-refractivity contribution in [1.29, 1.82) is 0 Å². The lowest BCUT2D eigenvalue weighted by molar-refractivity contribution is -0.142. The normalized spacial score (nSPS) is 11.8. The third kappa shape index (κ3) is 4.35. The van der Waals surface area contributed by atoms with E-state index in [2.05, 4.69) is 15.5 Å². The van der Waals surface area contributed by atoms with Crippen LogP contribution in [0.3, 0.4) is 0 Å². The summed E-state index contributed by atoms with van der Waals surface area (Å²) in [4.78, 5) is 24.2. The highest BCUT2D eigenvalue weighted by molar-refractivity contribution is 8.02. The molecule has 106 valence electrons. The molecule has 0 saturated carbocycles. The number of rotatable bonds is 5. The molecule has 0 radical (unpaired) electrons. The second-order valence-corrected chi connectivity index (χ2v) is 6.02. The summed E-state index contributed by atoms with van der Waals surface area (Å²) in [5.41, 5.74) is 0. The molecule has 0 fully saturated rings. The average molecular weight is 304 g/mol. The Bertz CT molecular complexity index is 452. The highest BCUT2D eigenvalue weighted by Crippen LogP contribution is 2.30. The van der Waals surface area contributed by atoms with Crippen molar-refractivity contribution < 1.29 is 14.3 Å². The monoisotopic (exact) mass is 304 g/mol. The first kappa shape index (κ1) is 15.7. The summed E-state index contributed by atoms with van der Waals surface area (Å²) >= 11 is 2.51. The van der Waals surface area contributed by atoms with Gasteiger partial charge in [-0.1, -0.05) is 23.1 Å². The van der Waals surface area contributed by atoms with Crippen molar-refractivity contribution in [2.45, 2.75) is 23.4 Å². The Morgan fingerprint density at radius 3 is 2.79 bits per heavy atom. The van der Waals surface area contributed by atoms with Crippen LogP contribution in [0.1, 0.15) is 13.8 Å². The van der Waals surface area contributed by atoms with Crippen LogP contribution >= 0.6 is 23.1 Å². The van der Waals surface area contributed by atoms with Crippen LogP contribution in [-0.2, 0) is 9.53 Å². The number of hydrogen-bond donors (Lipinski definition) is 1. The third-order valence-electron chi connectivity index (χ3n) is 2.10. The van der Waals surface area contributed by atoms with Crippen molar-refractivity contribution in [3.05, 3.63) is 0 Å². The van der Waals surface area contributed by atoms with Gasteiger partial charge < -0.3 is 10.1 Å². The molecule has 1 N–H and O–H groups in total. The van der Waals surface area contributed by atoms with E-state index in [9.17, 15) is 9.59 Å². The number of urea groups is 1. The smallest absolute Gasteiger partial charge is 0.323 e. The number of ether oxygens (including phenoxy) is 1. The third-order valence-corrected chi connectivity index (χ3v) is 4.26. The molecule has 1 aromatic rings. The lowest BCUT2D eigenvalue weighted by Crippen LogP contribution is -2.34. The van der Waals surface area contributed by atoms with Gasteiger partial charge >= 0.3 is 12.0 Å². The topological polar surface area (TPSA) is 84.4 Å². The lowest BCUT2D eigenvalue weighted by atomic mass is 10.5. The van der Waals surface area contributed by atoms with Crippen molar-refractivity contribution >= 4 is 40.2 Å². The van der Waals surface area contributed by atoms with E-state index in [1.54, 1.807) is 27.9 Å². The van der Waals surface area contributed by atoms with Gasteiger partial charge in [0.1, 0.15) is 5.25 Å². The van der Waals surface area contributed by atoms with Crippen molar-refractivity contribution in [1.82, 2.24) is 15.5 Å². The summed E-state index contributed by atoms with van der Waals surface area (Å²) < 4.78 is 5.52. The molecule has 0 aliphatic rings. The van der Waals surface area contributed by atoms with Crippen molar-refractivity contribution in [2.75, 3.05) is 25.6 Å². The van der Waals surface area contributed by atoms with Gasteiger partial charge in [0.25, 0.3) is 0 Å². The highest BCUT2D eigenvalue weighted by Gasteiger charge is 2.20. The first-order valence-electron chi connectivity index (χ1n) is 5.61. The van der Waals surface area contributed by atoms with E-state index in [4.69, 9.17) is 4.74 Å². The number of carbonyl (C=O) groups is 2. The van der Waals surface area contributed by atoms with Gasteiger partial charge in [-0.15, -0.1) is 10.2 Å². The zero-order chi connectivity index (χ0) is 14.4. The Kier molecular flexibility index (Phi) is 6.03. The number of esters is 1. The van der Waals surface area contributed by atoms with E-state index >= 15 is 0 Å². The summed E-state index contributed by atoms with van der Waals surface area (Å²) in [5.74, 6) is -0.288. The molecule has 0 spiro atoms. The maximum Gasteiger partial charge on any atom is 0.323 e. The van der Waals surface area contributed by atoms with Gasteiger partial charge in [0.15, 0.2) is 4.34 Å². The predicted octanol–water partition coefficient (Wildman–Crippen LogP) is 1.36. The SMILES string of the molecule is CCOC(=O)C(C)Sc1nnc(N(C)C(=O)NC)s1. The fourth-order valence-corrected chi connectivity index (χ4v) is 3.04. The molecule has 0 aliphatic heterocycles. The van der Waals surface area contributed by atoms with E-state index in [0.717, 1.165) is 0 Å². The number of aromatic nitrogens is 2. The van der Waals surface area contributed by atoms with Gasteiger partial charge in [-0.3, -0.25) is 9.69 Å². The van der Waals surface area contributed by atoms with Gasteiger partial charge in [-0.2, -0.15) is 0 Å². The maximum absolute atomic E-state index is 11.5. The predicted molar refractivity (Wildman–Crippen MR) is 74.7 cm³/mol. The Morgan fingerprint density at radius 1 is 1.53 bits per heavy atom. The van der Waals surface area contributed by atoms with Gasteiger partial charge in [-0.25, -0.2) is 4.79 Å². The molecule has 1 unspecified atom stereocenters. The molecule has 2 amide bonds. The number of thioether (sulfide) groups is 1.